The quantitative estimate of drug-likeness (QED) is 0.136. The minimum atomic E-state index is -0.435. The van der Waals surface area contributed by atoms with E-state index in [1.807, 2.05) is 48.5 Å². The van der Waals surface area contributed by atoms with Crippen LogP contribution in [-0.2, 0) is 30.5 Å². The Morgan fingerprint density at radius 1 is 0.768 bits per heavy atom. The molecule has 0 amide bonds. The highest BCUT2D eigenvalue weighted by atomic mass is 79.9. The number of hydrogen-bond donors (Lipinski definition) is 3. The predicted octanol–water partition coefficient (Wildman–Crippen LogP) is 9.22. The third kappa shape index (κ3) is 12.2. The summed E-state index contributed by atoms with van der Waals surface area (Å²) in [5.41, 5.74) is 5.46. The molecule has 0 bridgehead atoms. The van der Waals surface area contributed by atoms with Gasteiger partial charge in [-0.05, 0) is 136 Å². The molecule has 2 aliphatic carbocycles. The zero-order valence-electron chi connectivity index (χ0n) is 32.7. The Labute approximate surface area is 347 Å². The van der Waals surface area contributed by atoms with E-state index in [0.29, 0.717) is 41.9 Å². The van der Waals surface area contributed by atoms with Crippen molar-refractivity contribution in [3.63, 3.8) is 0 Å². The largest absolute Gasteiger partial charge is 0.507 e. The Morgan fingerprint density at radius 3 is 1.98 bits per heavy atom. The van der Waals surface area contributed by atoms with Crippen LogP contribution in [0.2, 0.25) is 0 Å². The van der Waals surface area contributed by atoms with Crippen molar-refractivity contribution >= 4 is 49.2 Å². The number of aromatic hydroxyl groups is 1. The monoisotopic (exact) mass is 893 g/mol. The van der Waals surface area contributed by atoms with Crippen LogP contribution in [0.25, 0.3) is 0 Å². The summed E-state index contributed by atoms with van der Waals surface area (Å²) in [4.78, 5) is 35.0. The van der Waals surface area contributed by atoms with Gasteiger partial charge in [0, 0.05) is 35.3 Å². The van der Waals surface area contributed by atoms with Crippen LogP contribution >= 0.6 is 31.9 Å². The zero-order valence-corrected chi connectivity index (χ0v) is 35.9. The molecular weight excluding hydrogens is 842 g/mol. The number of Topliss-reactive ketones (excluding diaryl/α,β-unsaturated/α-hetero) is 3. The van der Waals surface area contributed by atoms with Gasteiger partial charge in [0.2, 0.25) is 0 Å². The summed E-state index contributed by atoms with van der Waals surface area (Å²) in [5, 5.41) is 19.4. The molecule has 9 nitrogen and oxygen atoms in total. The minimum Gasteiger partial charge on any atom is -0.507 e. The average Bonchev–Trinajstić information content (AvgIpc) is 3.66. The molecule has 0 saturated carbocycles. The first-order valence-electron chi connectivity index (χ1n) is 19.0. The second kappa shape index (κ2) is 22.1. The number of phenolic OH excluding ortho intramolecular Hbond substituents is 1. The molecule has 56 heavy (non-hydrogen) atoms. The summed E-state index contributed by atoms with van der Waals surface area (Å²) < 4.78 is 18.9. The van der Waals surface area contributed by atoms with E-state index in [4.69, 9.17) is 24.4 Å². The number of rotatable bonds is 3. The molecule has 300 valence electrons. The summed E-state index contributed by atoms with van der Waals surface area (Å²) in [6.45, 7) is 3.92. The normalized spacial score (nSPS) is 17.7. The number of methoxy groups -OCH3 is 2. The fourth-order valence-corrected chi connectivity index (χ4v) is 8.13. The van der Waals surface area contributed by atoms with Crippen LogP contribution in [0, 0.1) is 0 Å². The highest BCUT2D eigenvalue weighted by molar-refractivity contribution is 9.10. The van der Waals surface area contributed by atoms with Crippen LogP contribution in [0.15, 0.2) is 81.7 Å². The number of aliphatic hydroxyl groups excluding tert-OH is 1. The molecule has 1 atom stereocenters. The molecule has 4 aromatic rings. The number of ketones is 3. The lowest BCUT2D eigenvalue weighted by Gasteiger charge is -2.37. The first-order valence-corrected chi connectivity index (χ1v) is 20.6. The van der Waals surface area contributed by atoms with Crippen LogP contribution in [0.3, 0.4) is 0 Å². The molecule has 0 aromatic heterocycles. The average molecular weight is 896 g/mol. The fourth-order valence-electron chi connectivity index (χ4n) is 7.41. The second-order valence-electron chi connectivity index (χ2n) is 14.0. The van der Waals surface area contributed by atoms with Crippen LogP contribution in [0.5, 0.6) is 23.0 Å². The lowest BCUT2D eigenvalue weighted by atomic mass is 9.83. The summed E-state index contributed by atoms with van der Waals surface area (Å²) >= 11 is 6.63. The van der Waals surface area contributed by atoms with Crippen LogP contribution in [0.1, 0.15) is 94.8 Å². The van der Waals surface area contributed by atoms with Crippen molar-refractivity contribution in [1.29, 1.82) is 0 Å². The molecule has 2 heterocycles. The Kier molecular flexibility index (Phi) is 17.6. The van der Waals surface area contributed by atoms with Crippen LogP contribution < -0.4 is 19.5 Å². The van der Waals surface area contributed by atoms with Gasteiger partial charge in [-0.15, -0.1) is 0 Å². The maximum absolute atomic E-state index is 12.7. The maximum Gasteiger partial charge on any atom is 0.170 e. The third-order valence-corrected chi connectivity index (χ3v) is 11.1. The smallest absolute Gasteiger partial charge is 0.170 e. The van der Waals surface area contributed by atoms with E-state index in [-0.39, 0.29) is 17.3 Å². The Morgan fingerprint density at radius 2 is 1.38 bits per heavy atom. The van der Waals surface area contributed by atoms with Crippen molar-refractivity contribution in [2.45, 2.75) is 83.2 Å². The molecule has 11 heteroatoms. The molecule has 3 N–H and O–H groups in total. The maximum atomic E-state index is 12.7. The molecule has 4 aromatic carbocycles. The number of nitrogens with one attached hydrogen (secondary N) is 1. The number of hydrogen-bond acceptors (Lipinski definition) is 9. The van der Waals surface area contributed by atoms with Crippen LogP contribution in [-0.4, -0.2) is 67.6 Å². The highest BCUT2D eigenvalue weighted by Gasteiger charge is 2.42. The minimum absolute atomic E-state index is 0.0284. The van der Waals surface area contributed by atoms with Gasteiger partial charge in [-0.1, -0.05) is 56.1 Å². The van der Waals surface area contributed by atoms with Gasteiger partial charge in [-0.25, -0.2) is 0 Å². The first kappa shape index (κ1) is 44.7. The lowest BCUT2D eigenvalue weighted by molar-refractivity contribution is -0.118. The van der Waals surface area contributed by atoms with E-state index >= 15 is 0 Å². The standard InChI is InChI=1S/C20H19BrO3.C12H14O2.C8H7BrO2.C4H9N.CH4O/c1-23-18-6-2-4-13-11-20(9-3-5-15(13)18)12-17(22)16-10-14(21)7-8-19(16)24-20;1-14-12-7-2-4-9-8-10(13)5-3-6-11(9)12;1-5(10)7-4-6(9)2-3-8(7)11;1-2-4-5-3-1;1-2/h2,4,6-8,10H,3,5,9,11-12H2,1H3;2,4,7H,3,5-6,8H2,1H3;2-4,11H,1H3;5H,1-4H2;2H,1H3. The van der Waals surface area contributed by atoms with Gasteiger partial charge in [-0.2, -0.15) is 0 Å². The van der Waals surface area contributed by atoms with Gasteiger partial charge in [-0.3, -0.25) is 14.4 Å². The van der Waals surface area contributed by atoms with Crippen molar-refractivity contribution in [1.82, 2.24) is 5.32 Å². The second-order valence-corrected chi connectivity index (χ2v) is 15.8. The third-order valence-electron chi connectivity index (χ3n) is 10.1. The number of aliphatic hydroxyl groups is 1. The molecule has 1 spiro atoms. The van der Waals surface area contributed by atoms with Gasteiger partial charge < -0.3 is 29.7 Å². The summed E-state index contributed by atoms with van der Waals surface area (Å²) in [6, 6.07) is 22.6. The molecule has 1 unspecified atom stereocenters. The summed E-state index contributed by atoms with van der Waals surface area (Å²) in [5.74, 6) is 2.99. The lowest BCUT2D eigenvalue weighted by Crippen LogP contribution is -2.43. The molecule has 1 saturated heterocycles. The number of benzene rings is 4. The molecular formula is C45H53Br2NO8. The number of halogens is 2. The van der Waals surface area contributed by atoms with Gasteiger partial charge in [0.25, 0.3) is 0 Å². The van der Waals surface area contributed by atoms with Gasteiger partial charge in [0.15, 0.2) is 11.6 Å². The SMILES string of the molecule is C1CCNC1.CC(=O)c1cc(Br)ccc1O.CO.COc1cccc2c1CCCC(=O)C2.COc1cccc2c1CCCC1(CC(=O)c3cc(Br)ccc3O1)C2. The number of phenols is 1. The van der Waals surface area contributed by atoms with E-state index in [1.54, 1.807) is 26.4 Å². The van der Waals surface area contributed by atoms with Crippen molar-refractivity contribution in [3.05, 3.63) is 115 Å². The van der Waals surface area contributed by atoms with E-state index in [9.17, 15) is 14.4 Å². The van der Waals surface area contributed by atoms with Gasteiger partial charge in [0.05, 0.1) is 31.8 Å². The molecule has 0 radical (unpaired) electrons. The molecule has 1 fully saturated rings. The summed E-state index contributed by atoms with van der Waals surface area (Å²) in [7, 11) is 4.40. The molecule has 4 aliphatic rings. The van der Waals surface area contributed by atoms with Crippen molar-refractivity contribution in [2.24, 2.45) is 0 Å². The topological polar surface area (TPSA) is 131 Å². The van der Waals surface area contributed by atoms with E-state index in [2.05, 4.69) is 43.2 Å². The van der Waals surface area contributed by atoms with Crippen molar-refractivity contribution in [3.8, 4) is 23.0 Å². The van der Waals surface area contributed by atoms with Crippen molar-refractivity contribution < 1.29 is 38.8 Å². The zero-order chi connectivity index (χ0) is 40.7. The predicted molar refractivity (Wildman–Crippen MR) is 227 cm³/mol. The number of carbonyl (C=O) groups excluding carboxylic acids is 3. The Hall–Kier alpha value is -4.03. The first-order chi connectivity index (χ1) is 27.0. The number of carbonyl (C=O) groups is 3. The fraction of sp³-hybridized carbons (Fsp3) is 0.400. The van der Waals surface area contributed by atoms with Crippen molar-refractivity contribution in [2.75, 3.05) is 34.4 Å². The van der Waals surface area contributed by atoms with Gasteiger partial charge >= 0.3 is 0 Å². The summed E-state index contributed by atoms with van der Waals surface area (Å²) in [6.07, 6.45) is 10.00. The highest BCUT2D eigenvalue weighted by Crippen LogP contribution is 2.42. The van der Waals surface area contributed by atoms with E-state index < -0.39 is 5.60 Å². The van der Waals surface area contributed by atoms with Crippen LogP contribution in [0.4, 0.5) is 0 Å². The van der Waals surface area contributed by atoms with E-state index in [0.717, 1.165) is 71.6 Å². The van der Waals surface area contributed by atoms with E-state index in [1.165, 1.54) is 55.6 Å². The number of ether oxygens (including phenoxy) is 3. The Balaban J connectivity index is 0.000000184. The molecule has 8 rings (SSSR count). The number of fused-ring (bicyclic) bond motifs is 3. The Bertz CT molecular complexity index is 1950. The molecule has 2 aliphatic heterocycles. The van der Waals surface area contributed by atoms with Gasteiger partial charge in [0.1, 0.15) is 34.4 Å².